The van der Waals surface area contributed by atoms with E-state index in [0.29, 0.717) is 17.1 Å². The summed E-state index contributed by atoms with van der Waals surface area (Å²) < 4.78 is 7.43. The molecule has 2 aromatic heterocycles. The molecule has 116 valence electrons. The zero-order valence-corrected chi connectivity index (χ0v) is 13.0. The fourth-order valence-electron chi connectivity index (χ4n) is 2.40. The van der Waals surface area contributed by atoms with Gasteiger partial charge < -0.3 is 14.6 Å². The normalized spacial score (nSPS) is 10.3. The lowest BCUT2D eigenvalue weighted by atomic mass is 10.1. The molecule has 0 aliphatic carbocycles. The average Bonchev–Trinajstić information content (AvgIpc) is 3.10. The largest absolute Gasteiger partial charge is 0.494 e. The van der Waals surface area contributed by atoms with Crippen molar-refractivity contribution >= 4 is 11.6 Å². The molecule has 0 aliphatic heterocycles. The smallest absolute Gasteiger partial charge is 0.274 e. The first kappa shape index (κ1) is 14.8. The van der Waals surface area contributed by atoms with Gasteiger partial charge in [-0.1, -0.05) is 6.07 Å². The van der Waals surface area contributed by atoms with Crippen LogP contribution in [0.4, 0.5) is 5.69 Å². The molecule has 1 amide bonds. The molecule has 1 N–H and O–H groups in total. The third-order valence-electron chi connectivity index (χ3n) is 3.55. The molecule has 0 radical (unpaired) electrons. The molecule has 0 bridgehead atoms. The van der Waals surface area contributed by atoms with Gasteiger partial charge in [-0.2, -0.15) is 0 Å². The third-order valence-corrected chi connectivity index (χ3v) is 3.55. The number of ether oxygens (including phenoxy) is 1. The van der Waals surface area contributed by atoms with Crippen LogP contribution in [0.5, 0.6) is 5.75 Å². The first-order valence-corrected chi connectivity index (χ1v) is 7.23. The fourth-order valence-corrected chi connectivity index (χ4v) is 2.40. The predicted octanol–water partition coefficient (Wildman–Crippen LogP) is 3.44. The Kier molecular flexibility index (Phi) is 4.10. The van der Waals surface area contributed by atoms with Crippen LogP contribution in [0.25, 0.3) is 5.69 Å². The van der Waals surface area contributed by atoms with Gasteiger partial charge in [-0.15, -0.1) is 0 Å². The Balaban J connectivity index is 1.94. The summed E-state index contributed by atoms with van der Waals surface area (Å²) in [5, 5.41) is 2.86. The van der Waals surface area contributed by atoms with E-state index in [2.05, 4.69) is 10.3 Å². The van der Waals surface area contributed by atoms with E-state index in [4.69, 9.17) is 4.74 Å². The van der Waals surface area contributed by atoms with Crippen LogP contribution in [0.2, 0.25) is 0 Å². The van der Waals surface area contributed by atoms with Crippen LogP contribution < -0.4 is 10.1 Å². The van der Waals surface area contributed by atoms with Crippen LogP contribution in [0, 0.1) is 6.92 Å². The topological polar surface area (TPSA) is 56.1 Å². The summed E-state index contributed by atoms with van der Waals surface area (Å²) in [4.78, 5) is 16.3. The summed E-state index contributed by atoms with van der Waals surface area (Å²) in [5.74, 6) is 0.334. The van der Waals surface area contributed by atoms with E-state index >= 15 is 0 Å². The first-order valence-electron chi connectivity index (χ1n) is 7.23. The molecular formula is C18H17N3O2. The van der Waals surface area contributed by atoms with Gasteiger partial charge in [0.2, 0.25) is 0 Å². The lowest BCUT2D eigenvalue weighted by molar-refractivity contribution is 0.102. The molecule has 0 saturated carbocycles. The van der Waals surface area contributed by atoms with Gasteiger partial charge in [0, 0.05) is 24.7 Å². The van der Waals surface area contributed by atoms with E-state index in [9.17, 15) is 4.79 Å². The van der Waals surface area contributed by atoms with Gasteiger partial charge in [-0.05, 0) is 42.8 Å². The maximum absolute atomic E-state index is 12.3. The molecule has 0 unspecified atom stereocenters. The SMILES string of the molecule is COc1cc(-n2cccc2)c(C)cc1NC(=O)c1ccccn1. The number of carbonyl (C=O) groups excluding carboxylic acids is 1. The molecule has 0 fully saturated rings. The quantitative estimate of drug-likeness (QED) is 0.803. The summed E-state index contributed by atoms with van der Waals surface area (Å²) in [6.45, 7) is 1.99. The van der Waals surface area contributed by atoms with E-state index in [1.807, 2.05) is 48.1 Å². The predicted molar refractivity (Wildman–Crippen MR) is 89.2 cm³/mol. The number of nitrogens with one attached hydrogen (secondary N) is 1. The molecule has 5 nitrogen and oxygen atoms in total. The van der Waals surface area contributed by atoms with Gasteiger partial charge in [0.05, 0.1) is 18.5 Å². The van der Waals surface area contributed by atoms with Gasteiger partial charge in [0.1, 0.15) is 11.4 Å². The number of benzene rings is 1. The maximum atomic E-state index is 12.3. The Bertz CT molecular complexity index is 812. The van der Waals surface area contributed by atoms with Gasteiger partial charge in [0.25, 0.3) is 5.91 Å². The molecule has 0 saturated heterocycles. The van der Waals surface area contributed by atoms with E-state index in [1.54, 1.807) is 31.5 Å². The first-order chi connectivity index (χ1) is 11.2. The molecule has 23 heavy (non-hydrogen) atoms. The second kappa shape index (κ2) is 6.36. The summed E-state index contributed by atoms with van der Waals surface area (Å²) in [6, 6.07) is 12.9. The lowest BCUT2D eigenvalue weighted by Crippen LogP contribution is -2.14. The van der Waals surface area contributed by atoms with Crippen LogP contribution in [0.15, 0.2) is 61.1 Å². The van der Waals surface area contributed by atoms with Gasteiger partial charge in [0.15, 0.2) is 0 Å². The van der Waals surface area contributed by atoms with E-state index in [1.165, 1.54) is 0 Å². The minimum atomic E-state index is -0.267. The Morgan fingerprint density at radius 1 is 1.17 bits per heavy atom. The Morgan fingerprint density at radius 3 is 2.61 bits per heavy atom. The molecule has 3 aromatic rings. The average molecular weight is 307 g/mol. The molecule has 5 heteroatoms. The zero-order chi connectivity index (χ0) is 16.2. The highest BCUT2D eigenvalue weighted by Crippen LogP contribution is 2.30. The summed E-state index contributed by atoms with van der Waals surface area (Å²) in [5.41, 5.74) is 3.01. The third kappa shape index (κ3) is 3.08. The van der Waals surface area contributed by atoms with Crippen LogP contribution in [0.1, 0.15) is 16.1 Å². The van der Waals surface area contributed by atoms with Crippen LogP contribution in [-0.2, 0) is 0 Å². The summed E-state index contributed by atoms with van der Waals surface area (Å²) in [6.07, 6.45) is 5.52. The molecule has 0 atom stereocenters. The standard InChI is InChI=1S/C18H17N3O2/c1-13-11-15(20-18(22)14-7-3-4-8-19-14)17(23-2)12-16(13)21-9-5-6-10-21/h3-12H,1-2H3,(H,20,22). The minimum Gasteiger partial charge on any atom is -0.494 e. The second-order valence-corrected chi connectivity index (χ2v) is 5.10. The fraction of sp³-hybridized carbons (Fsp3) is 0.111. The molecule has 0 aliphatic rings. The van der Waals surface area contributed by atoms with Crippen molar-refractivity contribution in [1.82, 2.24) is 9.55 Å². The maximum Gasteiger partial charge on any atom is 0.274 e. The van der Waals surface area contributed by atoms with Crippen molar-refractivity contribution in [3.63, 3.8) is 0 Å². The van der Waals surface area contributed by atoms with E-state index < -0.39 is 0 Å². The highest BCUT2D eigenvalue weighted by Gasteiger charge is 2.13. The van der Waals surface area contributed by atoms with Crippen LogP contribution >= 0.6 is 0 Å². The van der Waals surface area contributed by atoms with E-state index in [-0.39, 0.29) is 5.91 Å². The number of hydrogen-bond acceptors (Lipinski definition) is 3. The summed E-state index contributed by atoms with van der Waals surface area (Å²) in [7, 11) is 1.58. The van der Waals surface area contributed by atoms with Crippen molar-refractivity contribution < 1.29 is 9.53 Å². The number of amides is 1. The highest BCUT2D eigenvalue weighted by molar-refractivity contribution is 6.03. The molecule has 1 aromatic carbocycles. The molecule has 2 heterocycles. The molecular weight excluding hydrogens is 290 g/mol. The van der Waals surface area contributed by atoms with Crippen molar-refractivity contribution in [2.45, 2.75) is 6.92 Å². The number of pyridine rings is 1. The van der Waals surface area contributed by atoms with Crippen molar-refractivity contribution in [3.05, 3.63) is 72.3 Å². The number of carbonyl (C=O) groups is 1. The van der Waals surface area contributed by atoms with Gasteiger partial charge in [-0.25, -0.2) is 0 Å². The van der Waals surface area contributed by atoms with Crippen LogP contribution in [0.3, 0.4) is 0 Å². The molecule has 0 spiro atoms. The van der Waals surface area contributed by atoms with Crippen molar-refractivity contribution in [2.75, 3.05) is 12.4 Å². The zero-order valence-electron chi connectivity index (χ0n) is 13.0. The number of aromatic nitrogens is 2. The monoisotopic (exact) mass is 307 g/mol. The number of hydrogen-bond donors (Lipinski definition) is 1. The van der Waals surface area contributed by atoms with Gasteiger partial charge >= 0.3 is 0 Å². The minimum absolute atomic E-state index is 0.267. The Hall–Kier alpha value is -3.08. The summed E-state index contributed by atoms with van der Waals surface area (Å²) >= 11 is 0. The van der Waals surface area contributed by atoms with Crippen molar-refractivity contribution in [1.29, 1.82) is 0 Å². The lowest BCUT2D eigenvalue weighted by Gasteiger charge is -2.15. The number of aryl methyl sites for hydroxylation is 1. The molecule has 3 rings (SSSR count). The number of nitrogens with zero attached hydrogens (tertiary/aromatic N) is 2. The van der Waals surface area contributed by atoms with Crippen molar-refractivity contribution in [3.8, 4) is 11.4 Å². The number of rotatable bonds is 4. The van der Waals surface area contributed by atoms with Gasteiger partial charge in [-0.3, -0.25) is 9.78 Å². The Labute approximate surface area is 134 Å². The van der Waals surface area contributed by atoms with Crippen molar-refractivity contribution in [2.24, 2.45) is 0 Å². The highest BCUT2D eigenvalue weighted by atomic mass is 16.5. The number of methoxy groups -OCH3 is 1. The Morgan fingerprint density at radius 2 is 1.96 bits per heavy atom. The second-order valence-electron chi connectivity index (χ2n) is 5.10. The van der Waals surface area contributed by atoms with E-state index in [0.717, 1.165) is 11.3 Å². The van der Waals surface area contributed by atoms with Crippen LogP contribution in [-0.4, -0.2) is 22.6 Å². The number of anilines is 1.